The van der Waals surface area contributed by atoms with E-state index in [0.717, 1.165) is 34.1 Å². The summed E-state index contributed by atoms with van der Waals surface area (Å²) in [6.45, 7) is 0. The predicted octanol–water partition coefficient (Wildman–Crippen LogP) is 1.85. The van der Waals surface area contributed by atoms with Crippen molar-refractivity contribution < 1.29 is 19.2 Å². The smallest absolute Gasteiger partial charge is 0.258 e. The van der Waals surface area contributed by atoms with E-state index in [2.05, 4.69) is 0 Å². The molecule has 0 aromatic heterocycles. The summed E-state index contributed by atoms with van der Waals surface area (Å²) < 4.78 is 0. The van der Waals surface area contributed by atoms with E-state index < -0.39 is 23.6 Å². The number of carbonyl (C=O) groups excluding carboxylic acids is 4. The molecule has 22 heavy (non-hydrogen) atoms. The number of halogens is 2. The number of benzene rings is 1. The van der Waals surface area contributed by atoms with Crippen LogP contribution in [-0.4, -0.2) is 23.6 Å². The predicted molar refractivity (Wildman–Crippen MR) is 79.7 cm³/mol. The highest BCUT2D eigenvalue weighted by molar-refractivity contribution is 6.42. The van der Waals surface area contributed by atoms with Crippen molar-refractivity contribution in [2.75, 3.05) is 9.80 Å². The highest BCUT2D eigenvalue weighted by Crippen LogP contribution is 2.38. The molecule has 0 radical (unpaired) electrons. The van der Waals surface area contributed by atoms with Gasteiger partial charge in [-0.3, -0.25) is 19.2 Å². The van der Waals surface area contributed by atoms with Crippen molar-refractivity contribution in [3.05, 3.63) is 46.5 Å². The molecule has 2 aliphatic heterocycles. The van der Waals surface area contributed by atoms with Crippen molar-refractivity contribution in [2.24, 2.45) is 0 Å². The van der Waals surface area contributed by atoms with Crippen LogP contribution in [0.4, 0.5) is 11.4 Å². The van der Waals surface area contributed by atoms with Crippen LogP contribution in [0.1, 0.15) is 0 Å². The first-order valence-electron chi connectivity index (χ1n) is 6.01. The van der Waals surface area contributed by atoms with Crippen LogP contribution in [0.3, 0.4) is 0 Å². The van der Waals surface area contributed by atoms with Crippen molar-refractivity contribution in [2.45, 2.75) is 0 Å². The van der Waals surface area contributed by atoms with Crippen LogP contribution >= 0.6 is 23.2 Å². The normalized spacial score (nSPS) is 17.4. The molecule has 3 rings (SSSR count). The lowest BCUT2D eigenvalue weighted by atomic mass is 10.2. The third-order valence-corrected chi connectivity index (χ3v) is 3.72. The zero-order valence-electron chi connectivity index (χ0n) is 10.7. The van der Waals surface area contributed by atoms with Gasteiger partial charge in [0.05, 0.1) is 21.4 Å². The zero-order chi connectivity index (χ0) is 16.0. The summed E-state index contributed by atoms with van der Waals surface area (Å²) in [5.74, 6) is -2.20. The van der Waals surface area contributed by atoms with Crippen LogP contribution in [0.15, 0.2) is 36.4 Å². The van der Waals surface area contributed by atoms with Crippen molar-refractivity contribution in [3.63, 3.8) is 0 Å². The van der Waals surface area contributed by atoms with Gasteiger partial charge in [-0.25, -0.2) is 9.80 Å². The first kappa shape index (κ1) is 14.5. The number of carbonyl (C=O) groups is 4. The molecular weight excluding hydrogens is 331 g/mol. The van der Waals surface area contributed by atoms with Crippen molar-refractivity contribution in [3.8, 4) is 0 Å². The summed E-state index contributed by atoms with van der Waals surface area (Å²) in [6, 6.07) is 2.53. The van der Waals surface area contributed by atoms with Gasteiger partial charge >= 0.3 is 0 Å². The molecule has 0 bridgehead atoms. The van der Waals surface area contributed by atoms with Crippen LogP contribution in [-0.2, 0) is 19.2 Å². The Bertz CT molecular complexity index is 710. The molecule has 6 nitrogen and oxygen atoms in total. The Balaban J connectivity index is 2.06. The molecule has 0 aliphatic carbocycles. The van der Waals surface area contributed by atoms with Crippen LogP contribution in [0, 0.1) is 0 Å². The van der Waals surface area contributed by atoms with E-state index in [4.69, 9.17) is 23.2 Å². The Morgan fingerprint density at radius 3 is 1.14 bits per heavy atom. The highest BCUT2D eigenvalue weighted by atomic mass is 35.5. The summed E-state index contributed by atoms with van der Waals surface area (Å²) in [6.07, 6.45) is 4.44. The van der Waals surface area contributed by atoms with Gasteiger partial charge in [-0.1, -0.05) is 23.2 Å². The molecule has 0 unspecified atom stereocenters. The summed E-state index contributed by atoms with van der Waals surface area (Å²) in [5.41, 5.74) is 0.171. The minimum absolute atomic E-state index is 0.0114. The minimum atomic E-state index is -0.550. The maximum Gasteiger partial charge on any atom is 0.258 e. The lowest BCUT2D eigenvalue weighted by molar-refractivity contribution is -0.121. The molecule has 0 atom stereocenters. The Morgan fingerprint density at radius 2 is 0.864 bits per heavy atom. The lowest BCUT2D eigenvalue weighted by Crippen LogP contribution is -2.31. The molecular formula is C14H6Cl2N2O4. The van der Waals surface area contributed by atoms with Gasteiger partial charge in [-0.05, 0) is 12.1 Å². The van der Waals surface area contributed by atoms with Crippen molar-refractivity contribution in [1.29, 1.82) is 0 Å². The van der Waals surface area contributed by atoms with E-state index in [1.807, 2.05) is 0 Å². The first-order chi connectivity index (χ1) is 10.4. The molecule has 8 heteroatoms. The fourth-order valence-electron chi connectivity index (χ4n) is 2.14. The highest BCUT2D eigenvalue weighted by Gasteiger charge is 2.31. The fraction of sp³-hybridized carbons (Fsp3) is 0. The minimum Gasteiger partial charge on any atom is -0.269 e. The monoisotopic (exact) mass is 336 g/mol. The van der Waals surface area contributed by atoms with Gasteiger partial charge in [0.2, 0.25) is 0 Å². The molecule has 2 aliphatic rings. The van der Waals surface area contributed by atoms with E-state index >= 15 is 0 Å². The number of anilines is 2. The molecule has 0 N–H and O–H groups in total. The van der Waals surface area contributed by atoms with E-state index in [1.165, 1.54) is 12.1 Å². The molecule has 1 aromatic rings. The second-order valence-electron chi connectivity index (χ2n) is 4.45. The Morgan fingerprint density at radius 1 is 0.591 bits per heavy atom. The lowest BCUT2D eigenvalue weighted by Gasteiger charge is -2.20. The third-order valence-electron chi connectivity index (χ3n) is 3.12. The molecule has 110 valence electrons. The van der Waals surface area contributed by atoms with E-state index in [0.29, 0.717) is 0 Å². The maximum atomic E-state index is 11.7. The maximum absolute atomic E-state index is 11.7. The number of hydrogen-bond acceptors (Lipinski definition) is 4. The zero-order valence-corrected chi connectivity index (χ0v) is 12.3. The van der Waals surface area contributed by atoms with Crippen LogP contribution < -0.4 is 9.80 Å². The number of imide groups is 2. The first-order valence-corrected chi connectivity index (χ1v) is 6.77. The SMILES string of the molecule is O=C1C=CC(=O)N1c1cc(Cl)c(N2C(=O)C=CC2=O)cc1Cl. The van der Waals surface area contributed by atoms with Crippen LogP contribution in [0.5, 0.6) is 0 Å². The van der Waals surface area contributed by atoms with Gasteiger partial charge in [0.15, 0.2) is 0 Å². The summed E-state index contributed by atoms with van der Waals surface area (Å²) in [4.78, 5) is 48.4. The molecule has 4 amide bonds. The molecule has 0 saturated carbocycles. The van der Waals surface area contributed by atoms with Gasteiger partial charge in [0, 0.05) is 24.3 Å². The third kappa shape index (κ3) is 2.13. The van der Waals surface area contributed by atoms with E-state index in [9.17, 15) is 19.2 Å². The average molecular weight is 337 g/mol. The summed E-state index contributed by atoms with van der Waals surface area (Å²) in [5, 5.41) is 0.0228. The Kier molecular flexibility index (Phi) is 3.35. The summed E-state index contributed by atoms with van der Waals surface area (Å²) >= 11 is 12.2. The topological polar surface area (TPSA) is 74.8 Å². The second kappa shape index (κ2) is 5.08. The van der Waals surface area contributed by atoms with Crippen molar-refractivity contribution in [1.82, 2.24) is 0 Å². The fourth-order valence-corrected chi connectivity index (χ4v) is 2.63. The molecule has 0 fully saturated rings. The number of nitrogens with zero attached hydrogens (tertiary/aromatic N) is 2. The summed E-state index contributed by atoms with van der Waals surface area (Å²) in [7, 11) is 0. The quantitative estimate of drug-likeness (QED) is 0.772. The Hall–Kier alpha value is -2.44. The average Bonchev–Trinajstić information content (AvgIpc) is 2.96. The molecule has 1 aromatic carbocycles. The van der Waals surface area contributed by atoms with Gasteiger partial charge in [0.25, 0.3) is 23.6 Å². The molecule has 0 saturated heterocycles. The second-order valence-corrected chi connectivity index (χ2v) is 5.26. The number of rotatable bonds is 2. The van der Waals surface area contributed by atoms with E-state index in [-0.39, 0.29) is 21.4 Å². The van der Waals surface area contributed by atoms with E-state index in [1.54, 1.807) is 0 Å². The molecule has 2 heterocycles. The van der Waals surface area contributed by atoms with Gasteiger partial charge in [0.1, 0.15) is 0 Å². The van der Waals surface area contributed by atoms with Crippen molar-refractivity contribution >= 4 is 58.2 Å². The van der Waals surface area contributed by atoms with Gasteiger partial charge in [-0.2, -0.15) is 0 Å². The van der Waals surface area contributed by atoms with Gasteiger partial charge in [-0.15, -0.1) is 0 Å². The van der Waals surface area contributed by atoms with Crippen LogP contribution in [0.25, 0.3) is 0 Å². The van der Waals surface area contributed by atoms with Crippen LogP contribution in [0.2, 0.25) is 10.0 Å². The largest absolute Gasteiger partial charge is 0.269 e. The number of hydrogen-bond donors (Lipinski definition) is 0. The number of amides is 4. The standard InChI is InChI=1S/C14H6Cl2N2O4/c15-7-6-10(18-13(21)3-4-14(18)22)8(16)5-9(7)17-11(19)1-2-12(17)20/h1-6H. The molecule has 0 spiro atoms. The Labute approximate surface area is 134 Å². The van der Waals surface area contributed by atoms with Gasteiger partial charge < -0.3 is 0 Å².